The molecule has 5 atom stereocenters. The van der Waals surface area contributed by atoms with Crippen molar-refractivity contribution in [3.05, 3.63) is 28.7 Å². The summed E-state index contributed by atoms with van der Waals surface area (Å²) in [6.45, 7) is 0.805. The summed E-state index contributed by atoms with van der Waals surface area (Å²) in [6.07, 6.45) is -4.69. The van der Waals surface area contributed by atoms with Gasteiger partial charge in [0, 0.05) is 11.4 Å². The average Bonchev–Trinajstić information content (AvgIpc) is 2.48. The van der Waals surface area contributed by atoms with Crippen LogP contribution in [0.3, 0.4) is 0 Å². The molecule has 1 aromatic carbocycles. The minimum atomic E-state index is -1.33. The monoisotopic (exact) mass is 375 g/mol. The van der Waals surface area contributed by atoms with Crippen LogP contribution in [0.15, 0.2) is 28.7 Å². The van der Waals surface area contributed by atoms with E-state index in [1.54, 1.807) is 24.3 Å². The number of aliphatic hydroxyl groups excluding tert-OH is 3. The predicted octanol–water partition coefficient (Wildman–Crippen LogP) is -0.228. The van der Waals surface area contributed by atoms with Crippen molar-refractivity contribution in [3.8, 4) is 5.75 Å². The maximum Gasteiger partial charge on any atom is 0.223 e. The zero-order valence-electron chi connectivity index (χ0n) is 11.8. The molecule has 22 heavy (non-hydrogen) atoms. The molecule has 1 aliphatic rings. The molecule has 1 saturated heterocycles. The number of hydrogen-bond donors (Lipinski definition) is 4. The number of ether oxygens (including phenoxy) is 2. The summed E-state index contributed by atoms with van der Waals surface area (Å²) in [5.41, 5.74) is 0. The second kappa shape index (κ2) is 7.38. The summed E-state index contributed by atoms with van der Waals surface area (Å²) in [7, 11) is 0. The molecule has 122 valence electrons. The molecule has 1 aromatic rings. The van der Waals surface area contributed by atoms with Gasteiger partial charge in [0.15, 0.2) is 0 Å². The number of carbonyl (C=O) groups excluding carboxylic acids is 1. The maximum atomic E-state index is 11.3. The fourth-order valence-electron chi connectivity index (χ4n) is 2.22. The van der Waals surface area contributed by atoms with Gasteiger partial charge >= 0.3 is 0 Å². The number of hydrogen-bond acceptors (Lipinski definition) is 6. The Bertz CT molecular complexity index is 511. The predicted molar refractivity (Wildman–Crippen MR) is 80.1 cm³/mol. The van der Waals surface area contributed by atoms with Crippen molar-refractivity contribution >= 4 is 21.8 Å². The smallest absolute Gasteiger partial charge is 0.223 e. The van der Waals surface area contributed by atoms with Crippen LogP contribution in [0, 0.1) is 0 Å². The van der Waals surface area contributed by atoms with Crippen LogP contribution in [0.5, 0.6) is 5.75 Å². The SMILES string of the molecule is CC(=O)NC1C(Oc2ccc(Br)cc2)OC(CO)C(O)C1O. The lowest BCUT2D eigenvalue weighted by Crippen LogP contribution is -2.65. The number of halogens is 1. The molecule has 1 amide bonds. The Kier molecular flexibility index (Phi) is 5.76. The zero-order valence-corrected chi connectivity index (χ0v) is 13.4. The van der Waals surface area contributed by atoms with Gasteiger partial charge in [-0.15, -0.1) is 0 Å². The van der Waals surface area contributed by atoms with E-state index in [9.17, 15) is 20.1 Å². The number of nitrogens with one attached hydrogen (secondary N) is 1. The number of rotatable bonds is 4. The first-order chi connectivity index (χ1) is 10.4. The van der Waals surface area contributed by atoms with Crippen LogP contribution in [0.4, 0.5) is 0 Å². The van der Waals surface area contributed by atoms with Crippen LogP contribution in [0.25, 0.3) is 0 Å². The van der Waals surface area contributed by atoms with Gasteiger partial charge < -0.3 is 30.1 Å². The second-order valence-corrected chi connectivity index (χ2v) is 5.92. The standard InChI is InChI=1S/C14H18BrNO6/c1-7(18)16-11-13(20)12(19)10(6-17)22-14(11)21-9-4-2-8(15)3-5-9/h2-5,10-14,17,19-20H,6H2,1H3,(H,16,18). The third-order valence-electron chi connectivity index (χ3n) is 3.32. The molecule has 2 rings (SSSR count). The lowest BCUT2D eigenvalue weighted by Gasteiger charge is -2.42. The normalized spacial score (nSPS) is 31.6. The summed E-state index contributed by atoms with van der Waals surface area (Å²) in [4.78, 5) is 11.3. The van der Waals surface area contributed by atoms with Gasteiger partial charge in [-0.2, -0.15) is 0 Å². The summed E-state index contributed by atoms with van der Waals surface area (Å²) >= 11 is 3.30. The largest absolute Gasteiger partial charge is 0.463 e. The van der Waals surface area contributed by atoms with Crippen molar-refractivity contribution in [1.29, 1.82) is 0 Å². The summed E-state index contributed by atoms with van der Waals surface area (Å²) in [5.74, 6) is 0.0653. The fraction of sp³-hybridized carbons (Fsp3) is 0.500. The Hall–Kier alpha value is -1.19. The van der Waals surface area contributed by atoms with Crippen LogP contribution >= 0.6 is 15.9 Å². The fourth-order valence-corrected chi connectivity index (χ4v) is 2.48. The van der Waals surface area contributed by atoms with Crippen molar-refractivity contribution in [2.45, 2.75) is 37.6 Å². The quantitative estimate of drug-likeness (QED) is 0.578. The van der Waals surface area contributed by atoms with Crippen molar-refractivity contribution in [3.63, 3.8) is 0 Å². The second-order valence-electron chi connectivity index (χ2n) is 5.00. The van der Waals surface area contributed by atoms with Crippen molar-refractivity contribution < 1.29 is 29.6 Å². The molecule has 1 heterocycles. The molecule has 0 saturated carbocycles. The van der Waals surface area contributed by atoms with E-state index in [1.807, 2.05) is 0 Å². The molecule has 7 nitrogen and oxygen atoms in total. The Labute approximate surface area is 136 Å². The van der Waals surface area contributed by atoms with Crippen LogP contribution in [-0.2, 0) is 9.53 Å². The number of carbonyl (C=O) groups is 1. The van der Waals surface area contributed by atoms with E-state index in [2.05, 4.69) is 21.2 Å². The maximum absolute atomic E-state index is 11.3. The highest BCUT2D eigenvalue weighted by molar-refractivity contribution is 9.10. The topological polar surface area (TPSA) is 108 Å². The van der Waals surface area contributed by atoms with E-state index in [1.165, 1.54) is 6.92 Å². The minimum Gasteiger partial charge on any atom is -0.463 e. The highest BCUT2D eigenvalue weighted by Gasteiger charge is 2.46. The van der Waals surface area contributed by atoms with E-state index in [4.69, 9.17) is 9.47 Å². The van der Waals surface area contributed by atoms with Crippen LogP contribution < -0.4 is 10.1 Å². The molecule has 0 aliphatic carbocycles. The van der Waals surface area contributed by atoms with Crippen LogP contribution in [-0.4, -0.2) is 58.5 Å². The van der Waals surface area contributed by atoms with Crippen molar-refractivity contribution in [2.75, 3.05) is 6.61 Å². The van der Waals surface area contributed by atoms with Gasteiger partial charge in [-0.3, -0.25) is 4.79 Å². The molecule has 4 N–H and O–H groups in total. The lowest BCUT2D eigenvalue weighted by molar-refractivity contribution is -0.244. The first-order valence-electron chi connectivity index (χ1n) is 6.74. The molecular weight excluding hydrogens is 358 g/mol. The van der Waals surface area contributed by atoms with E-state index in [0.29, 0.717) is 5.75 Å². The first kappa shape index (κ1) is 17.2. The molecule has 0 spiro atoms. The van der Waals surface area contributed by atoms with Gasteiger partial charge in [-0.25, -0.2) is 0 Å². The molecule has 8 heteroatoms. The van der Waals surface area contributed by atoms with E-state index < -0.39 is 43.2 Å². The molecule has 0 bridgehead atoms. The average molecular weight is 376 g/mol. The number of amides is 1. The van der Waals surface area contributed by atoms with Crippen molar-refractivity contribution in [1.82, 2.24) is 5.32 Å². The first-order valence-corrected chi connectivity index (χ1v) is 7.53. The van der Waals surface area contributed by atoms with Gasteiger partial charge in [-0.05, 0) is 24.3 Å². The molecule has 0 aromatic heterocycles. The van der Waals surface area contributed by atoms with Gasteiger partial charge in [0.25, 0.3) is 0 Å². The van der Waals surface area contributed by atoms with Crippen LogP contribution in [0.2, 0.25) is 0 Å². The lowest BCUT2D eigenvalue weighted by atomic mass is 9.97. The molecule has 1 aliphatic heterocycles. The van der Waals surface area contributed by atoms with Gasteiger partial charge in [0.05, 0.1) is 6.61 Å². The molecular formula is C14H18BrNO6. The Balaban J connectivity index is 2.18. The number of benzene rings is 1. The molecule has 1 fully saturated rings. The summed E-state index contributed by atoms with van der Waals surface area (Å²) < 4.78 is 12.0. The zero-order chi connectivity index (χ0) is 16.3. The molecule has 0 radical (unpaired) electrons. The van der Waals surface area contributed by atoms with Gasteiger partial charge in [0.1, 0.15) is 30.1 Å². The van der Waals surface area contributed by atoms with E-state index in [0.717, 1.165) is 4.47 Å². The summed E-state index contributed by atoms with van der Waals surface area (Å²) in [6, 6.07) is 5.94. The highest BCUT2D eigenvalue weighted by Crippen LogP contribution is 2.25. The van der Waals surface area contributed by atoms with Gasteiger partial charge in [-0.1, -0.05) is 15.9 Å². The minimum absolute atomic E-state index is 0.397. The van der Waals surface area contributed by atoms with Crippen molar-refractivity contribution in [2.24, 2.45) is 0 Å². The Morgan fingerprint density at radius 2 is 1.95 bits per heavy atom. The summed E-state index contributed by atoms with van der Waals surface area (Å²) in [5, 5.41) is 31.8. The Morgan fingerprint density at radius 1 is 1.32 bits per heavy atom. The molecule has 5 unspecified atom stereocenters. The third-order valence-corrected chi connectivity index (χ3v) is 3.85. The van der Waals surface area contributed by atoms with E-state index in [-0.39, 0.29) is 0 Å². The van der Waals surface area contributed by atoms with Crippen LogP contribution in [0.1, 0.15) is 6.92 Å². The van der Waals surface area contributed by atoms with E-state index >= 15 is 0 Å². The number of aliphatic hydroxyl groups is 3. The highest BCUT2D eigenvalue weighted by atomic mass is 79.9. The third kappa shape index (κ3) is 3.96. The Morgan fingerprint density at radius 3 is 2.50 bits per heavy atom. The van der Waals surface area contributed by atoms with Gasteiger partial charge in [0.2, 0.25) is 12.2 Å².